The minimum Gasteiger partial charge on any atom is -0.322 e. The minimum atomic E-state index is -0.493. The third-order valence-electron chi connectivity index (χ3n) is 4.53. The van der Waals surface area contributed by atoms with Crippen molar-refractivity contribution in [3.63, 3.8) is 0 Å². The van der Waals surface area contributed by atoms with Crippen molar-refractivity contribution in [1.29, 1.82) is 0 Å². The van der Waals surface area contributed by atoms with Gasteiger partial charge in [-0.05, 0) is 47.2 Å². The molecule has 0 bridgehead atoms. The molecule has 0 fully saturated rings. The number of benzene rings is 4. The third-order valence-corrected chi connectivity index (χ3v) is 4.86. The first-order valence-electron chi connectivity index (χ1n) is 9.32. The van der Waals surface area contributed by atoms with Gasteiger partial charge < -0.3 is 16.0 Å². The summed E-state index contributed by atoms with van der Waals surface area (Å²) in [4.78, 5) is 25.6. The van der Waals surface area contributed by atoms with E-state index in [0.717, 1.165) is 10.8 Å². The Balaban J connectivity index is 1.65. The van der Waals surface area contributed by atoms with Crippen LogP contribution in [0.4, 0.5) is 21.9 Å². The fourth-order valence-corrected chi connectivity index (χ4v) is 3.27. The van der Waals surface area contributed by atoms with Gasteiger partial charge in [-0.25, -0.2) is 4.79 Å². The summed E-state index contributed by atoms with van der Waals surface area (Å²) in [6.07, 6.45) is 0. The molecule has 0 saturated heterocycles. The number of carbonyl (C=O) groups excluding carboxylic acids is 2. The summed E-state index contributed by atoms with van der Waals surface area (Å²) in [5.74, 6) is -0.319. The van der Waals surface area contributed by atoms with Crippen LogP contribution in [0.3, 0.4) is 0 Å². The van der Waals surface area contributed by atoms with Crippen molar-refractivity contribution in [2.24, 2.45) is 0 Å². The second-order valence-corrected chi connectivity index (χ2v) is 7.03. The molecule has 3 amide bonds. The van der Waals surface area contributed by atoms with Gasteiger partial charge in [0.25, 0.3) is 5.91 Å². The fraction of sp³-hybridized carbons (Fsp3) is 0. The lowest BCUT2D eigenvalue weighted by Crippen LogP contribution is -2.22. The van der Waals surface area contributed by atoms with Gasteiger partial charge in [-0.2, -0.15) is 0 Å². The second-order valence-electron chi connectivity index (χ2n) is 6.62. The van der Waals surface area contributed by atoms with E-state index in [1.165, 1.54) is 0 Å². The van der Waals surface area contributed by atoms with E-state index in [9.17, 15) is 9.59 Å². The first-order valence-corrected chi connectivity index (χ1v) is 9.70. The molecule has 5 nitrogen and oxygen atoms in total. The zero-order chi connectivity index (χ0) is 20.9. The molecule has 0 unspecified atom stereocenters. The Bertz CT molecular complexity index is 1230. The van der Waals surface area contributed by atoms with Crippen molar-refractivity contribution < 1.29 is 9.59 Å². The standard InChI is InChI=1S/C24H18ClN3O2/c25-20-12-6-7-13-21(20)27-24(30)28-22-15-17-9-5-4-8-16(17)14-19(22)23(29)26-18-10-2-1-3-11-18/h1-15H,(H,26,29)(H2,27,28,30). The van der Waals surface area contributed by atoms with Crippen LogP contribution >= 0.6 is 11.6 Å². The Morgan fingerprint density at radius 3 is 1.97 bits per heavy atom. The zero-order valence-electron chi connectivity index (χ0n) is 15.9. The maximum absolute atomic E-state index is 13.0. The lowest BCUT2D eigenvalue weighted by molar-refractivity contribution is 0.102. The summed E-state index contributed by atoms with van der Waals surface area (Å²) < 4.78 is 0. The molecule has 0 aliphatic carbocycles. The molecule has 0 radical (unpaired) electrons. The molecule has 0 saturated carbocycles. The number of anilines is 3. The number of halogens is 1. The predicted octanol–water partition coefficient (Wildman–Crippen LogP) is 6.39. The van der Waals surface area contributed by atoms with Gasteiger partial charge in [0.05, 0.1) is 22.0 Å². The van der Waals surface area contributed by atoms with E-state index >= 15 is 0 Å². The molecule has 0 heterocycles. The monoisotopic (exact) mass is 415 g/mol. The van der Waals surface area contributed by atoms with Crippen LogP contribution in [-0.4, -0.2) is 11.9 Å². The van der Waals surface area contributed by atoms with E-state index in [4.69, 9.17) is 11.6 Å². The van der Waals surface area contributed by atoms with Gasteiger partial charge in [0.15, 0.2) is 0 Å². The topological polar surface area (TPSA) is 70.2 Å². The van der Waals surface area contributed by atoms with Crippen molar-refractivity contribution >= 4 is 51.4 Å². The first kappa shape index (κ1) is 19.5. The van der Waals surface area contributed by atoms with E-state index < -0.39 is 6.03 Å². The predicted molar refractivity (Wildman–Crippen MR) is 122 cm³/mol. The maximum atomic E-state index is 13.0. The number of fused-ring (bicyclic) bond motifs is 1. The summed E-state index contributed by atoms with van der Waals surface area (Å²) in [7, 11) is 0. The number of carbonyl (C=O) groups is 2. The highest BCUT2D eigenvalue weighted by molar-refractivity contribution is 6.33. The van der Waals surface area contributed by atoms with Crippen LogP contribution in [0, 0.1) is 0 Å². The van der Waals surface area contributed by atoms with Crippen LogP contribution in [0.15, 0.2) is 91.0 Å². The number of para-hydroxylation sites is 2. The largest absolute Gasteiger partial charge is 0.323 e. The van der Waals surface area contributed by atoms with Crippen LogP contribution in [-0.2, 0) is 0 Å². The average Bonchev–Trinajstić information content (AvgIpc) is 2.75. The van der Waals surface area contributed by atoms with Gasteiger partial charge in [-0.15, -0.1) is 0 Å². The molecule has 0 aliphatic heterocycles. The van der Waals surface area contributed by atoms with Crippen molar-refractivity contribution in [1.82, 2.24) is 0 Å². The lowest BCUT2D eigenvalue weighted by atomic mass is 10.0. The van der Waals surface area contributed by atoms with Gasteiger partial charge >= 0.3 is 6.03 Å². The van der Waals surface area contributed by atoms with Crippen molar-refractivity contribution in [3.05, 3.63) is 102 Å². The molecule has 0 aromatic heterocycles. The van der Waals surface area contributed by atoms with E-state index in [2.05, 4.69) is 16.0 Å². The number of hydrogen-bond acceptors (Lipinski definition) is 2. The highest BCUT2D eigenvalue weighted by Crippen LogP contribution is 2.26. The SMILES string of the molecule is O=C(Nc1ccccc1Cl)Nc1cc2ccccc2cc1C(=O)Nc1ccccc1. The molecule has 0 spiro atoms. The van der Waals surface area contributed by atoms with Crippen LogP contribution in [0.2, 0.25) is 5.02 Å². The van der Waals surface area contributed by atoms with Gasteiger partial charge in [0, 0.05) is 5.69 Å². The van der Waals surface area contributed by atoms with Crippen LogP contribution in [0.1, 0.15) is 10.4 Å². The Morgan fingerprint density at radius 1 is 0.633 bits per heavy atom. The van der Waals surface area contributed by atoms with E-state index in [-0.39, 0.29) is 5.91 Å². The molecule has 0 aliphatic rings. The Labute approximate surface area is 178 Å². The van der Waals surface area contributed by atoms with E-state index in [1.54, 1.807) is 48.5 Å². The van der Waals surface area contributed by atoms with E-state index in [1.807, 2.05) is 42.5 Å². The van der Waals surface area contributed by atoms with E-state index in [0.29, 0.717) is 27.6 Å². The van der Waals surface area contributed by atoms with Crippen LogP contribution in [0.5, 0.6) is 0 Å². The van der Waals surface area contributed by atoms with Gasteiger partial charge in [0.2, 0.25) is 0 Å². The summed E-state index contributed by atoms with van der Waals surface area (Å²) in [5, 5.41) is 10.6. The number of urea groups is 1. The molecule has 148 valence electrons. The zero-order valence-corrected chi connectivity index (χ0v) is 16.6. The van der Waals surface area contributed by atoms with Crippen molar-refractivity contribution in [2.75, 3.05) is 16.0 Å². The molecule has 0 atom stereocenters. The highest BCUT2D eigenvalue weighted by Gasteiger charge is 2.16. The quantitative estimate of drug-likeness (QED) is 0.361. The molecule has 4 aromatic rings. The molecule has 6 heteroatoms. The number of nitrogens with one attached hydrogen (secondary N) is 3. The lowest BCUT2D eigenvalue weighted by Gasteiger charge is -2.14. The number of hydrogen-bond donors (Lipinski definition) is 3. The highest BCUT2D eigenvalue weighted by atomic mass is 35.5. The number of rotatable bonds is 4. The molecular formula is C24H18ClN3O2. The molecule has 30 heavy (non-hydrogen) atoms. The summed E-state index contributed by atoms with van der Waals surface area (Å²) >= 11 is 6.11. The first-order chi connectivity index (χ1) is 14.6. The van der Waals surface area contributed by atoms with Gasteiger partial charge in [-0.3, -0.25) is 4.79 Å². The van der Waals surface area contributed by atoms with Gasteiger partial charge in [-0.1, -0.05) is 66.2 Å². The Morgan fingerprint density at radius 2 is 1.23 bits per heavy atom. The normalized spacial score (nSPS) is 10.4. The maximum Gasteiger partial charge on any atom is 0.323 e. The van der Waals surface area contributed by atoms with Crippen LogP contribution in [0.25, 0.3) is 10.8 Å². The summed E-state index contributed by atoms with van der Waals surface area (Å²) in [5.41, 5.74) is 1.90. The average molecular weight is 416 g/mol. The molecular weight excluding hydrogens is 398 g/mol. The van der Waals surface area contributed by atoms with Gasteiger partial charge in [0.1, 0.15) is 0 Å². The number of amides is 3. The van der Waals surface area contributed by atoms with Crippen LogP contribution < -0.4 is 16.0 Å². The minimum absolute atomic E-state index is 0.319. The fourth-order valence-electron chi connectivity index (χ4n) is 3.09. The molecule has 4 rings (SSSR count). The summed E-state index contributed by atoms with van der Waals surface area (Å²) in [6.45, 7) is 0. The molecule has 4 aromatic carbocycles. The second kappa shape index (κ2) is 8.68. The Kier molecular flexibility index (Phi) is 5.63. The third kappa shape index (κ3) is 4.42. The molecule has 3 N–H and O–H groups in total. The summed E-state index contributed by atoms with van der Waals surface area (Å²) in [6, 6.07) is 26.8. The van der Waals surface area contributed by atoms with Crippen molar-refractivity contribution in [2.45, 2.75) is 0 Å². The smallest absolute Gasteiger partial charge is 0.322 e. The Hall–Kier alpha value is -3.83. The van der Waals surface area contributed by atoms with Crippen molar-refractivity contribution in [3.8, 4) is 0 Å².